The van der Waals surface area contributed by atoms with Gasteiger partial charge in [-0.05, 0) is 69.4 Å². The maximum absolute atomic E-state index is 12.0. The van der Waals surface area contributed by atoms with Crippen LogP contribution in [0.5, 0.6) is 0 Å². The Bertz CT molecular complexity index is 1020. The molecule has 5 rings (SSSR count). The van der Waals surface area contributed by atoms with Gasteiger partial charge in [-0.1, -0.05) is 48.5 Å². The fraction of sp³-hybridized carbons (Fsp3) is 0.464. The van der Waals surface area contributed by atoms with Crippen LogP contribution >= 0.6 is 0 Å². The molecule has 2 atom stereocenters. The first-order chi connectivity index (χ1) is 15.2. The average Bonchev–Trinajstić information content (AvgIpc) is 3.27. The predicted molar refractivity (Wildman–Crippen MR) is 128 cm³/mol. The third-order valence-electron chi connectivity index (χ3n) is 7.65. The van der Waals surface area contributed by atoms with Crippen LogP contribution in [0.4, 0.5) is 0 Å². The van der Waals surface area contributed by atoms with Crippen molar-refractivity contribution >= 4 is 16.7 Å². The number of rotatable bonds is 8. The second-order valence-corrected chi connectivity index (χ2v) is 9.65. The number of carbonyl (C=O) groups excluding carboxylic acids is 1. The first-order valence-corrected chi connectivity index (χ1v) is 12.1. The molecule has 3 nitrogen and oxygen atoms in total. The standard InChI is InChI=1S/C28H34N2O/c1-21(31)27-20-29(28-11-6-5-10-26(27)28)16-7-17-30-24-14-15-25(30)19-23(18-24)13-12-22-8-3-2-4-9-22/h2-6,8-11,20,23-25H,7,12-19H2,1H3. The first-order valence-electron chi connectivity index (χ1n) is 12.1. The van der Waals surface area contributed by atoms with Crippen molar-refractivity contribution in [2.75, 3.05) is 6.54 Å². The summed E-state index contributed by atoms with van der Waals surface area (Å²) in [4.78, 5) is 14.9. The summed E-state index contributed by atoms with van der Waals surface area (Å²) < 4.78 is 2.29. The number of aromatic nitrogens is 1. The Morgan fingerprint density at radius 2 is 1.65 bits per heavy atom. The number of piperidine rings is 1. The van der Waals surface area contributed by atoms with E-state index in [0.29, 0.717) is 0 Å². The molecule has 0 amide bonds. The zero-order chi connectivity index (χ0) is 21.2. The molecule has 0 radical (unpaired) electrons. The van der Waals surface area contributed by atoms with Gasteiger partial charge in [-0.2, -0.15) is 0 Å². The summed E-state index contributed by atoms with van der Waals surface area (Å²) in [6, 6.07) is 20.9. The van der Waals surface area contributed by atoms with E-state index >= 15 is 0 Å². The SMILES string of the molecule is CC(=O)c1cn(CCCN2C3CCC2CC(CCc2ccccc2)C3)c2ccccc12. The molecule has 2 aromatic carbocycles. The Labute approximate surface area is 186 Å². The van der Waals surface area contributed by atoms with Crippen LogP contribution in [0.15, 0.2) is 60.8 Å². The highest BCUT2D eigenvalue weighted by Crippen LogP contribution is 2.40. The van der Waals surface area contributed by atoms with Crippen molar-refractivity contribution in [3.8, 4) is 0 Å². The van der Waals surface area contributed by atoms with E-state index in [0.717, 1.165) is 41.9 Å². The normalized spacial score (nSPS) is 23.5. The van der Waals surface area contributed by atoms with Crippen molar-refractivity contribution in [3.05, 3.63) is 71.9 Å². The van der Waals surface area contributed by atoms with Gasteiger partial charge in [0.2, 0.25) is 0 Å². The summed E-state index contributed by atoms with van der Waals surface area (Å²) >= 11 is 0. The molecule has 2 unspecified atom stereocenters. The van der Waals surface area contributed by atoms with Gasteiger partial charge < -0.3 is 4.57 Å². The Hall–Kier alpha value is -2.39. The lowest BCUT2D eigenvalue weighted by Gasteiger charge is -2.39. The van der Waals surface area contributed by atoms with Gasteiger partial charge in [-0.3, -0.25) is 9.69 Å². The van der Waals surface area contributed by atoms with Gasteiger partial charge in [0.15, 0.2) is 5.78 Å². The predicted octanol–water partition coefficient (Wildman–Crippen LogP) is 6.11. The Morgan fingerprint density at radius 3 is 2.39 bits per heavy atom. The number of para-hydroxylation sites is 1. The molecular formula is C28H34N2O. The van der Waals surface area contributed by atoms with Crippen molar-refractivity contribution in [1.82, 2.24) is 9.47 Å². The van der Waals surface area contributed by atoms with E-state index in [-0.39, 0.29) is 5.78 Å². The van der Waals surface area contributed by atoms with E-state index in [4.69, 9.17) is 0 Å². The smallest absolute Gasteiger partial charge is 0.161 e. The monoisotopic (exact) mass is 414 g/mol. The topological polar surface area (TPSA) is 25.2 Å². The minimum atomic E-state index is 0.158. The molecular weight excluding hydrogens is 380 g/mol. The number of hydrogen-bond donors (Lipinski definition) is 0. The maximum Gasteiger partial charge on any atom is 0.161 e. The second-order valence-electron chi connectivity index (χ2n) is 9.65. The minimum absolute atomic E-state index is 0.158. The van der Waals surface area contributed by atoms with Crippen LogP contribution in [0.2, 0.25) is 0 Å². The van der Waals surface area contributed by atoms with Crippen LogP contribution in [0.25, 0.3) is 10.9 Å². The number of fused-ring (bicyclic) bond motifs is 3. The number of aryl methyl sites for hydroxylation is 2. The largest absolute Gasteiger partial charge is 0.347 e. The van der Waals surface area contributed by atoms with Crippen molar-refractivity contribution in [1.29, 1.82) is 0 Å². The van der Waals surface area contributed by atoms with Gasteiger partial charge in [0.05, 0.1) is 0 Å². The van der Waals surface area contributed by atoms with Crippen LogP contribution in [0, 0.1) is 5.92 Å². The third-order valence-corrected chi connectivity index (χ3v) is 7.65. The van der Waals surface area contributed by atoms with Crippen LogP contribution < -0.4 is 0 Å². The van der Waals surface area contributed by atoms with E-state index in [9.17, 15) is 4.79 Å². The van der Waals surface area contributed by atoms with Gasteiger partial charge in [-0.25, -0.2) is 0 Å². The van der Waals surface area contributed by atoms with Crippen LogP contribution in [-0.2, 0) is 13.0 Å². The number of hydrogen-bond acceptors (Lipinski definition) is 2. The number of Topliss-reactive ketones (excluding diaryl/α,β-unsaturated/α-hetero) is 1. The Kier molecular flexibility index (Phi) is 5.95. The molecule has 3 heteroatoms. The molecule has 3 heterocycles. The van der Waals surface area contributed by atoms with E-state index in [2.05, 4.69) is 64.2 Å². The zero-order valence-corrected chi connectivity index (χ0v) is 18.7. The van der Waals surface area contributed by atoms with Crippen molar-refractivity contribution in [3.63, 3.8) is 0 Å². The van der Waals surface area contributed by atoms with Gasteiger partial charge in [0.1, 0.15) is 0 Å². The zero-order valence-electron chi connectivity index (χ0n) is 18.7. The van der Waals surface area contributed by atoms with Gasteiger partial charge >= 0.3 is 0 Å². The number of carbonyl (C=O) groups is 1. The summed E-state index contributed by atoms with van der Waals surface area (Å²) in [7, 11) is 0. The summed E-state index contributed by atoms with van der Waals surface area (Å²) in [5.74, 6) is 1.05. The lowest BCUT2D eigenvalue weighted by atomic mass is 9.86. The number of nitrogens with zero attached hydrogens (tertiary/aromatic N) is 2. The molecule has 0 spiro atoms. The molecule has 0 saturated carbocycles. The van der Waals surface area contributed by atoms with Crippen molar-refractivity contribution < 1.29 is 4.79 Å². The summed E-state index contributed by atoms with van der Waals surface area (Å²) in [6.45, 7) is 3.84. The molecule has 2 aliphatic heterocycles. The average molecular weight is 415 g/mol. The van der Waals surface area contributed by atoms with Crippen molar-refractivity contribution in [2.24, 2.45) is 5.92 Å². The third kappa shape index (κ3) is 4.34. The second kappa shape index (κ2) is 9.00. The number of benzene rings is 2. The summed E-state index contributed by atoms with van der Waals surface area (Å²) in [5.41, 5.74) is 3.53. The molecule has 2 aliphatic rings. The molecule has 1 aromatic heterocycles. The highest BCUT2D eigenvalue weighted by atomic mass is 16.1. The molecule has 162 valence electrons. The quantitative estimate of drug-likeness (QED) is 0.416. The van der Waals surface area contributed by atoms with Crippen LogP contribution in [-0.4, -0.2) is 33.9 Å². The Morgan fingerprint density at radius 1 is 0.935 bits per heavy atom. The van der Waals surface area contributed by atoms with E-state index < -0.39 is 0 Å². The highest BCUT2D eigenvalue weighted by Gasteiger charge is 2.39. The first kappa shape index (κ1) is 20.5. The molecule has 31 heavy (non-hydrogen) atoms. The maximum atomic E-state index is 12.0. The summed E-state index contributed by atoms with van der Waals surface area (Å²) in [5, 5.41) is 1.09. The molecule has 3 aromatic rings. The molecule has 2 saturated heterocycles. The molecule has 0 aliphatic carbocycles. The lowest BCUT2D eigenvalue weighted by molar-refractivity contribution is 0.0978. The van der Waals surface area contributed by atoms with E-state index in [1.165, 1.54) is 56.1 Å². The fourth-order valence-electron chi connectivity index (χ4n) is 6.14. The van der Waals surface area contributed by atoms with Gasteiger partial charge in [0.25, 0.3) is 0 Å². The van der Waals surface area contributed by atoms with E-state index in [1.807, 2.05) is 6.07 Å². The van der Waals surface area contributed by atoms with E-state index in [1.54, 1.807) is 6.92 Å². The van der Waals surface area contributed by atoms with Crippen LogP contribution in [0.1, 0.15) is 61.4 Å². The van der Waals surface area contributed by atoms with Gasteiger partial charge in [0, 0.05) is 47.8 Å². The molecule has 2 bridgehead atoms. The fourth-order valence-corrected chi connectivity index (χ4v) is 6.14. The van der Waals surface area contributed by atoms with Crippen molar-refractivity contribution in [2.45, 2.75) is 70.5 Å². The molecule has 2 fully saturated rings. The number of ketones is 1. The lowest BCUT2D eigenvalue weighted by Crippen LogP contribution is -2.43. The Balaban J connectivity index is 1.16. The van der Waals surface area contributed by atoms with Gasteiger partial charge in [-0.15, -0.1) is 0 Å². The molecule has 0 N–H and O–H groups in total. The minimum Gasteiger partial charge on any atom is -0.347 e. The highest BCUT2D eigenvalue weighted by molar-refractivity contribution is 6.06. The summed E-state index contributed by atoms with van der Waals surface area (Å²) in [6.07, 6.45) is 11.3. The van der Waals surface area contributed by atoms with Crippen LogP contribution in [0.3, 0.4) is 0 Å².